The second kappa shape index (κ2) is 7.48. The molecule has 1 N–H and O–H groups in total. The van der Waals surface area contributed by atoms with E-state index in [0.717, 1.165) is 42.4 Å². The van der Waals surface area contributed by atoms with Crippen LogP contribution in [0.3, 0.4) is 0 Å². The number of anilines is 1. The predicted molar refractivity (Wildman–Crippen MR) is 77.8 cm³/mol. The number of likely N-dealkylation sites (N-methyl/N-ethyl adjacent to an activating group) is 1. The van der Waals surface area contributed by atoms with E-state index in [-0.39, 0.29) is 5.78 Å². The number of carbonyl (C=O) groups is 1. The lowest BCUT2D eigenvalue weighted by molar-refractivity contribution is 0.101. The van der Waals surface area contributed by atoms with Crippen molar-refractivity contribution in [2.75, 3.05) is 31.5 Å². The third-order valence-corrected chi connectivity index (χ3v) is 3.81. The van der Waals surface area contributed by atoms with Crippen molar-refractivity contribution < 1.29 is 4.79 Å². The Labute approximate surface area is 114 Å². The van der Waals surface area contributed by atoms with Crippen molar-refractivity contribution >= 4 is 22.3 Å². The SMILES string of the molecule is CCCN(CC)CCNc1snc(C)c1C(C)=O. The van der Waals surface area contributed by atoms with E-state index in [0.29, 0.717) is 0 Å². The maximum absolute atomic E-state index is 11.5. The second-order valence-corrected chi connectivity index (χ2v) is 5.16. The third kappa shape index (κ3) is 4.07. The highest BCUT2D eigenvalue weighted by Crippen LogP contribution is 2.24. The standard InChI is InChI=1S/C13H23N3OS/c1-5-8-16(6-2)9-7-14-13-12(11(4)17)10(3)15-18-13/h14H,5-9H2,1-4H3. The van der Waals surface area contributed by atoms with Gasteiger partial charge in [-0.3, -0.25) is 4.79 Å². The molecule has 0 spiro atoms. The fraction of sp³-hybridized carbons (Fsp3) is 0.692. The molecule has 1 aromatic rings. The average molecular weight is 269 g/mol. The van der Waals surface area contributed by atoms with Gasteiger partial charge in [-0.2, -0.15) is 4.37 Å². The Morgan fingerprint density at radius 3 is 2.67 bits per heavy atom. The number of aryl methyl sites for hydroxylation is 1. The fourth-order valence-electron chi connectivity index (χ4n) is 1.98. The molecule has 0 saturated heterocycles. The molecule has 0 atom stereocenters. The largest absolute Gasteiger partial charge is 0.374 e. The van der Waals surface area contributed by atoms with E-state index in [9.17, 15) is 4.79 Å². The number of ketones is 1. The normalized spacial score (nSPS) is 10.9. The molecule has 0 aliphatic carbocycles. The summed E-state index contributed by atoms with van der Waals surface area (Å²) in [4.78, 5) is 13.9. The van der Waals surface area contributed by atoms with Crippen molar-refractivity contribution in [2.24, 2.45) is 0 Å². The van der Waals surface area contributed by atoms with Crippen LogP contribution in [0.2, 0.25) is 0 Å². The van der Waals surface area contributed by atoms with Crippen LogP contribution in [0.1, 0.15) is 43.2 Å². The Bertz CT molecular complexity index is 390. The molecule has 0 aliphatic heterocycles. The zero-order valence-corrected chi connectivity index (χ0v) is 12.6. The molecule has 0 radical (unpaired) electrons. The van der Waals surface area contributed by atoms with Crippen LogP contribution in [0.25, 0.3) is 0 Å². The molecular weight excluding hydrogens is 246 g/mol. The van der Waals surface area contributed by atoms with Gasteiger partial charge in [0.05, 0.1) is 11.3 Å². The van der Waals surface area contributed by atoms with Gasteiger partial charge in [-0.05, 0) is 44.9 Å². The minimum absolute atomic E-state index is 0.0876. The first-order valence-corrected chi connectivity index (χ1v) is 7.30. The highest BCUT2D eigenvalue weighted by Gasteiger charge is 2.14. The first kappa shape index (κ1) is 15.1. The van der Waals surface area contributed by atoms with Crippen molar-refractivity contribution in [1.29, 1.82) is 0 Å². The molecule has 4 nitrogen and oxygen atoms in total. The molecule has 102 valence electrons. The van der Waals surface area contributed by atoms with Gasteiger partial charge in [0.25, 0.3) is 0 Å². The van der Waals surface area contributed by atoms with Crippen LogP contribution in [0.5, 0.6) is 0 Å². The second-order valence-electron chi connectivity index (χ2n) is 4.39. The first-order valence-electron chi connectivity index (χ1n) is 6.53. The van der Waals surface area contributed by atoms with Crippen LogP contribution in [0, 0.1) is 6.92 Å². The van der Waals surface area contributed by atoms with Gasteiger partial charge in [0, 0.05) is 13.1 Å². The Hall–Kier alpha value is -0.940. The summed E-state index contributed by atoms with van der Waals surface area (Å²) < 4.78 is 4.24. The van der Waals surface area contributed by atoms with E-state index < -0.39 is 0 Å². The quantitative estimate of drug-likeness (QED) is 0.737. The molecule has 1 aromatic heterocycles. The van der Waals surface area contributed by atoms with Crippen LogP contribution < -0.4 is 5.32 Å². The zero-order chi connectivity index (χ0) is 13.5. The summed E-state index contributed by atoms with van der Waals surface area (Å²) in [5, 5.41) is 4.24. The Balaban J connectivity index is 2.51. The highest BCUT2D eigenvalue weighted by molar-refractivity contribution is 7.10. The van der Waals surface area contributed by atoms with Gasteiger partial charge in [-0.1, -0.05) is 13.8 Å². The van der Waals surface area contributed by atoms with E-state index in [4.69, 9.17) is 0 Å². The lowest BCUT2D eigenvalue weighted by atomic mass is 10.2. The minimum Gasteiger partial charge on any atom is -0.374 e. The van der Waals surface area contributed by atoms with E-state index in [1.165, 1.54) is 18.0 Å². The van der Waals surface area contributed by atoms with Crippen LogP contribution in [0.15, 0.2) is 0 Å². The summed E-state index contributed by atoms with van der Waals surface area (Å²) >= 11 is 1.38. The number of hydrogen-bond donors (Lipinski definition) is 1. The number of rotatable bonds is 8. The Morgan fingerprint density at radius 1 is 1.39 bits per heavy atom. The lowest BCUT2D eigenvalue weighted by Crippen LogP contribution is -2.29. The van der Waals surface area contributed by atoms with E-state index in [1.807, 2.05) is 6.92 Å². The molecule has 0 unspecified atom stereocenters. The molecule has 1 rings (SSSR count). The number of aromatic nitrogens is 1. The van der Waals surface area contributed by atoms with Crippen LogP contribution in [-0.4, -0.2) is 41.2 Å². The summed E-state index contributed by atoms with van der Waals surface area (Å²) in [5.41, 5.74) is 1.58. The van der Waals surface area contributed by atoms with Crippen molar-refractivity contribution in [3.8, 4) is 0 Å². The predicted octanol–water partition coefficient (Wildman–Crippen LogP) is 2.80. The van der Waals surface area contributed by atoms with E-state index in [2.05, 4.69) is 28.4 Å². The van der Waals surface area contributed by atoms with Crippen LogP contribution >= 0.6 is 11.5 Å². The molecule has 0 bridgehead atoms. The van der Waals surface area contributed by atoms with Crippen LogP contribution in [0.4, 0.5) is 5.00 Å². The van der Waals surface area contributed by atoms with Gasteiger partial charge in [-0.15, -0.1) is 0 Å². The third-order valence-electron chi connectivity index (χ3n) is 2.92. The maximum atomic E-state index is 11.5. The molecule has 5 heteroatoms. The van der Waals surface area contributed by atoms with E-state index in [1.54, 1.807) is 6.92 Å². The zero-order valence-electron chi connectivity index (χ0n) is 11.7. The summed E-state index contributed by atoms with van der Waals surface area (Å²) in [6.45, 7) is 11.9. The van der Waals surface area contributed by atoms with Gasteiger partial charge in [0.1, 0.15) is 5.00 Å². The number of Topliss-reactive ketones (excluding diaryl/α,β-unsaturated/α-hetero) is 1. The van der Waals surface area contributed by atoms with Crippen LogP contribution in [-0.2, 0) is 0 Å². The van der Waals surface area contributed by atoms with Crippen molar-refractivity contribution in [1.82, 2.24) is 9.27 Å². The lowest BCUT2D eigenvalue weighted by Gasteiger charge is -2.19. The highest BCUT2D eigenvalue weighted by atomic mass is 32.1. The van der Waals surface area contributed by atoms with Gasteiger partial charge in [-0.25, -0.2) is 0 Å². The average Bonchev–Trinajstić information content (AvgIpc) is 2.69. The number of nitrogens with one attached hydrogen (secondary N) is 1. The Morgan fingerprint density at radius 2 is 2.11 bits per heavy atom. The molecule has 0 aromatic carbocycles. The summed E-state index contributed by atoms with van der Waals surface area (Å²) in [6.07, 6.45) is 1.17. The number of carbonyl (C=O) groups excluding carboxylic acids is 1. The molecule has 0 saturated carbocycles. The fourth-order valence-corrected chi connectivity index (χ4v) is 2.85. The molecule has 0 fully saturated rings. The monoisotopic (exact) mass is 269 g/mol. The topological polar surface area (TPSA) is 45.2 Å². The van der Waals surface area contributed by atoms with Gasteiger partial charge in [0.15, 0.2) is 5.78 Å². The minimum atomic E-state index is 0.0876. The van der Waals surface area contributed by atoms with Gasteiger partial charge >= 0.3 is 0 Å². The summed E-state index contributed by atoms with van der Waals surface area (Å²) in [5.74, 6) is 0.0876. The smallest absolute Gasteiger partial charge is 0.164 e. The van der Waals surface area contributed by atoms with Crippen molar-refractivity contribution in [3.63, 3.8) is 0 Å². The molecular formula is C13H23N3OS. The van der Waals surface area contributed by atoms with Crippen molar-refractivity contribution in [2.45, 2.75) is 34.1 Å². The van der Waals surface area contributed by atoms with Gasteiger partial charge in [0.2, 0.25) is 0 Å². The molecule has 18 heavy (non-hydrogen) atoms. The molecule has 0 amide bonds. The summed E-state index contributed by atoms with van der Waals surface area (Å²) in [7, 11) is 0. The van der Waals surface area contributed by atoms with Crippen molar-refractivity contribution in [3.05, 3.63) is 11.3 Å². The Kier molecular flexibility index (Phi) is 6.29. The number of nitrogens with zero attached hydrogens (tertiary/aromatic N) is 2. The maximum Gasteiger partial charge on any atom is 0.164 e. The summed E-state index contributed by atoms with van der Waals surface area (Å²) in [6, 6.07) is 0. The molecule has 0 aliphatic rings. The van der Waals surface area contributed by atoms with Gasteiger partial charge < -0.3 is 10.2 Å². The van der Waals surface area contributed by atoms with E-state index >= 15 is 0 Å². The number of hydrogen-bond acceptors (Lipinski definition) is 5. The first-order chi connectivity index (χ1) is 8.60. The molecule has 1 heterocycles.